The summed E-state index contributed by atoms with van der Waals surface area (Å²) in [4.78, 5) is 19.4. The number of hydrogen-bond acceptors (Lipinski definition) is 8. The lowest BCUT2D eigenvalue weighted by Gasteiger charge is -2.34. The normalized spacial score (nSPS) is 17.3. The Hall–Kier alpha value is -2.72. The maximum Gasteiger partial charge on any atom is 0.260 e. The number of amides is 1. The average molecular weight is 401 g/mol. The first-order valence-corrected chi connectivity index (χ1v) is 9.98. The number of piperidine rings is 1. The molecular weight excluding hydrogens is 378 g/mol. The number of hydrogen-bond donors (Lipinski definition) is 2. The van der Waals surface area contributed by atoms with Gasteiger partial charge in [-0.1, -0.05) is 0 Å². The minimum Gasteiger partial charge on any atom is -0.397 e. The summed E-state index contributed by atoms with van der Waals surface area (Å²) in [6.07, 6.45) is 5.59. The van der Waals surface area contributed by atoms with Crippen LogP contribution in [0.2, 0.25) is 0 Å². The molecule has 3 aromatic rings. The molecular formula is C18H23N7O2S. The van der Waals surface area contributed by atoms with Crippen molar-refractivity contribution < 1.29 is 9.53 Å². The van der Waals surface area contributed by atoms with E-state index in [9.17, 15) is 4.79 Å². The molecule has 0 saturated carbocycles. The molecule has 4 rings (SSSR count). The quantitative estimate of drug-likeness (QED) is 0.642. The molecule has 0 bridgehead atoms. The van der Waals surface area contributed by atoms with Crippen molar-refractivity contribution in [3.05, 3.63) is 29.3 Å². The molecule has 4 N–H and O–H groups in total. The second-order valence-corrected chi connectivity index (χ2v) is 8.05. The van der Waals surface area contributed by atoms with Crippen LogP contribution in [0.5, 0.6) is 0 Å². The van der Waals surface area contributed by atoms with Crippen LogP contribution in [-0.4, -0.2) is 45.4 Å². The minimum atomic E-state index is -0.514. The van der Waals surface area contributed by atoms with Crippen LogP contribution in [-0.2, 0) is 18.4 Å². The summed E-state index contributed by atoms with van der Waals surface area (Å²) in [5, 5.41) is 8.73. The monoisotopic (exact) mass is 401 g/mol. The molecule has 1 saturated heterocycles. The number of nitrogen functional groups attached to an aromatic ring is 1. The summed E-state index contributed by atoms with van der Waals surface area (Å²) in [5.74, 6) is 0.703. The predicted molar refractivity (Wildman–Crippen MR) is 108 cm³/mol. The number of aryl methyl sites for hydroxylation is 1. The van der Waals surface area contributed by atoms with E-state index >= 15 is 0 Å². The summed E-state index contributed by atoms with van der Waals surface area (Å²) in [5.41, 5.74) is 13.1. The van der Waals surface area contributed by atoms with Gasteiger partial charge in [0.2, 0.25) is 0 Å². The fourth-order valence-electron chi connectivity index (χ4n) is 3.65. The van der Waals surface area contributed by atoms with Gasteiger partial charge in [-0.05, 0) is 24.8 Å². The topological polar surface area (TPSA) is 125 Å². The Bertz CT molecular complexity index is 999. The number of aromatic nitrogens is 4. The summed E-state index contributed by atoms with van der Waals surface area (Å²) < 4.78 is 7.74. The minimum absolute atomic E-state index is 0.371. The fraction of sp³-hybridized carbons (Fsp3) is 0.444. The van der Waals surface area contributed by atoms with Crippen molar-refractivity contribution in [3.8, 4) is 0 Å². The van der Waals surface area contributed by atoms with E-state index in [-0.39, 0.29) is 0 Å². The predicted octanol–water partition coefficient (Wildman–Crippen LogP) is 1.54. The Morgan fingerprint density at radius 2 is 2.32 bits per heavy atom. The number of rotatable bonds is 6. The highest BCUT2D eigenvalue weighted by molar-refractivity contribution is 7.21. The van der Waals surface area contributed by atoms with E-state index < -0.39 is 5.91 Å². The molecule has 1 atom stereocenters. The highest BCUT2D eigenvalue weighted by Gasteiger charge is 2.25. The van der Waals surface area contributed by atoms with Crippen LogP contribution < -0.4 is 16.4 Å². The average Bonchev–Trinajstić information content (AvgIpc) is 3.25. The van der Waals surface area contributed by atoms with Gasteiger partial charge in [0.05, 0.1) is 23.4 Å². The first-order chi connectivity index (χ1) is 13.5. The van der Waals surface area contributed by atoms with E-state index in [2.05, 4.69) is 20.1 Å². The molecule has 0 aromatic carbocycles. The summed E-state index contributed by atoms with van der Waals surface area (Å²) in [6.45, 7) is 2.90. The van der Waals surface area contributed by atoms with Crippen molar-refractivity contribution in [3.63, 3.8) is 0 Å². The van der Waals surface area contributed by atoms with E-state index in [1.807, 2.05) is 17.7 Å². The Morgan fingerprint density at radius 3 is 3.07 bits per heavy atom. The molecule has 1 aliphatic rings. The molecule has 9 nitrogen and oxygen atoms in total. The Morgan fingerprint density at radius 1 is 1.46 bits per heavy atom. The van der Waals surface area contributed by atoms with Crippen LogP contribution in [0.4, 0.5) is 11.4 Å². The zero-order valence-electron chi connectivity index (χ0n) is 15.7. The standard InChI is InChI=1S/C18H23N7O2S/c1-24-10-22-23-13(24)9-27-8-11-3-2-6-25(7-11)12-4-5-21-18-14(12)15(19)16(28-18)17(20)26/h4-5,10-11H,2-3,6-9,19H2,1H3,(H2,20,26)/t11-/m0/s1. The Kier molecular flexibility index (Phi) is 5.14. The zero-order valence-corrected chi connectivity index (χ0v) is 16.5. The number of carbonyl (C=O) groups is 1. The SMILES string of the molecule is Cn1cnnc1COC[C@H]1CCCN(c2ccnc3sc(C(N)=O)c(N)c23)C1. The zero-order chi connectivity index (χ0) is 19.7. The van der Waals surface area contributed by atoms with Gasteiger partial charge in [0.25, 0.3) is 5.91 Å². The third kappa shape index (κ3) is 3.52. The molecule has 4 heterocycles. The van der Waals surface area contributed by atoms with Crippen molar-refractivity contribution >= 4 is 38.8 Å². The first-order valence-electron chi connectivity index (χ1n) is 9.17. The van der Waals surface area contributed by atoms with Crippen LogP contribution in [0.15, 0.2) is 18.6 Å². The number of carbonyl (C=O) groups excluding carboxylic acids is 1. The van der Waals surface area contributed by atoms with Crippen molar-refractivity contribution in [2.45, 2.75) is 19.4 Å². The van der Waals surface area contributed by atoms with Gasteiger partial charge in [-0.15, -0.1) is 21.5 Å². The Labute approximate surface area is 166 Å². The number of ether oxygens (including phenoxy) is 1. The van der Waals surface area contributed by atoms with Gasteiger partial charge >= 0.3 is 0 Å². The highest BCUT2D eigenvalue weighted by Crippen LogP contribution is 2.39. The molecule has 1 fully saturated rings. The molecule has 0 aliphatic carbocycles. The maximum atomic E-state index is 11.7. The van der Waals surface area contributed by atoms with Gasteiger partial charge in [0, 0.05) is 26.3 Å². The van der Waals surface area contributed by atoms with E-state index in [4.69, 9.17) is 16.2 Å². The molecule has 148 valence electrons. The second-order valence-electron chi connectivity index (χ2n) is 7.05. The highest BCUT2D eigenvalue weighted by atomic mass is 32.1. The first kappa shape index (κ1) is 18.6. The number of thiophene rings is 1. The van der Waals surface area contributed by atoms with E-state index in [1.54, 1.807) is 12.5 Å². The lowest BCUT2D eigenvalue weighted by atomic mass is 9.98. The van der Waals surface area contributed by atoms with Gasteiger partial charge in [-0.2, -0.15) is 0 Å². The van der Waals surface area contributed by atoms with Crippen LogP contribution in [0.25, 0.3) is 10.2 Å². The maximum absolute atomic E-state index is 11.7. The molecule has 10 heteroatoms. The largest absolute Gasteiger partial charge is 0.397 e. The van der Waals surface area contributed by atoms with Crippen molar-refractivity contribution in [2.24, 2.45) is 18.7 Å². The third-order valence-electron chi connectivity index (χ3n) is 5.08. The summed E-state index contributed by atoms with van der Waals surface area (Å²) in [7, 11) is 1.90. The molecule has 28 heavy (non-hydrogen) atoms. The smallest absolute Gasteiger partial charge is 0.260 e. The number of primary amides is 1. The van der Waals surface area contributed by atoms with Gasteiger partial charge < -0.3 is 25.7 Å². The van der Waals surface area contributed by atoms with Gasteiger partial charge in [0.1, 0.15) is 22.6 Å². The Balaban J connectivity index is 1.48. The fourth-order valence-corrected chi connectivity index (χ4v) is 4.59. The second kappa shape index (κ2) is 7.72. The molecule has 3 aromatic heterocycles. The number of fused-ring (bicyclic) bond motifs is 1. The van der Waals surface area contributed by atoms with Crippen LogP contribution in [0, 0.1) is 5.92 Å². The number of anilines is 2. The van der Waals surface area contributed by atoms with Crippen molar-refractivity contribution in [1.29, 1.82) is 0 Å². The molecule has 0 unspecified atom stereocenters. The molecule has 1 aliphatic heterocycles. The van der Waals surface area contributed by atoms with Gasteiger partial charge in [-0.25, -0.2) is 4.98 Å². The number of nitrogens with two attached hydrogens (primary N) is 2. The van der Waals surface area contributed by atoms with E-state index in [0.29, 0.717) is 29.7 Å². The summed E-state index contributed by atoms with van der Waals surface area (Å²) in [6, 6.07) is 1.96. The van der Waals surface area contributed by atoms with Crippen molar-refractivity contribution in [1.82, 2.24) is 19.7 Å². The number of nitrogens with zero attached hydrogens (tertiary/aromatic N) is 5. The third-order valence-corrected chi connectivity index (χ3v) is 6.21. The summed E-state index contributed by atoms with van der Waals surface area (Å²) >= 11 is 1.25. The molecule has 1 amide bonds. The van der Waals surface area contributed by atoms with E-state index in [0.717, 1.165) is 47.7 Å². The van der Waals surface area contributed by atoms with Crippen LogP contribution in [0.1, 0.15) is 28.3 Å². The van der Waals surface area contributed by atoms with Crippen LogP contribution >= 0.6 is 11.3 Å². The van der Waals surface area contributed by atoms with Crippen LogP contribution in [0.3, 0.4) is 0 Å². The van der Waals surface area contributed by atoms with Gasteiger partial charge in [-0.3, -0.25) is 4.79 Å². The van der Waals surface area contributed by atoms with Gasteiger partial charge in [0.15, 0.2) is 5.82 Å². The lowest BCUT2D eigenvalue weighted by molar-refractivity contribution is 0.0760. The lowest BCUT2D eigenvalue weighted by Crippen LogP contribution is -2.37. The van der Waals surface area contributed by atoms with E-state index in [1.165, 1.54) is 11.3 Å². The molecule has 0 radical (unpaired) electrons. The number of pyridine rings is 1. The molecule has 0 spiro atoms. The van der Waals surface area contributed by atoms with Crippen molar-refractivity contribution in [2.75, 3.05) is 30.3 Å².